The predicted molar refractivity (Wildman–Crippen MR) is 119 cm³/mol. The Labute approximate surface area is 172 Å². The number of aromatic nitrogens is 3. The SMILES string of the molecule is CCCCSc1sc2nc(-c3nccs3)nc(C(=NC)N(C)CC)c2c1N. The van der Waals surface area contributed by atoms with E-state index in [9.17, 15) is 0 Å². The summed E-state index contributed by atoms with van der Waals surface area (Å²) in [5.41, 5.74) is 8.10. The zero-order valence-corrected chi connectivity index (χ0v) is 18.5. The largest absolute Gasteiger partial charge is 0.397 e. The minimum Gasteiger partial charge on any atom is -0.397 e. The van der Waals surface area contributed by atoms with Crippen LogP contribution in [0.1, 0.15) is 32.4 Å². The molecular weight excluding hydrogens is 396 g/mol. The number of amidine groups is 1. The molecule has 0 radical (unpaired) electrons. The molecule has 0 spiro atoms. The highest BCUT2D eigenvalue weighted by atomic mass is 32.2. The van der Waals surface area contributed by atoms with Gasteiger partial charge in [0.25, 0.3) is 0 Å². The fourth-order valence-corrected chi connectivity index (χ4v) is 5.61. The van der Waals surface area contributed by atoms with Crippen LogP contribution in [0, 0.1) is 0 Å². The van der Waals surface area contributed by atoms with Gasteiger partial charge in [-0.1, -0.05) is 13.3 Å². The first-order chi connectivity index (χ1) is 13.1. The highest BCUT2D eigenvalue weighted by Gasteiger charge is 2.23. The Kier molecular flexibility index (Phi) is 6.67. The molecule has 3 heterocycles. The molecule has 0 aliphatic heterocycles. The maximum atomic E-state index is 6.55. The number of aliphatic imine (C=N–C) groups is 1. The van der Waals surface area contributed by atoms with Gasteiger partial charge in [0.05, 0.1) is 15.3 Å². The zero-order valence-electron chi connectivity index (χ0n) is 16.0. The summed E-state index contributed by atoms with van der Waals surface area (Å²) in [7, 11) is 3.80. The van der Waals surface area contributed by atoms with Crippen molar-refractivity contribution in [3.05, 3.63) is 17.3 Å². The number of unbranched alkanes of at least 4 members (excludes halogenated alkanes) is 1. The molecule has 0 aromatic carbocycles. The summed E-state index contributed by atoms with van der Waals surface area (Å²) in [5, 5.41) is 3.64. The molecule has 0 bridgehead atoms. The zero-order chi connectivity index (χ0) is 19.4. The number of hydrogen-bond donors (Lipinski definition) is 1. The van der Waals surface area contributed by atoms with Crippen molar-refractivity contribution in [2.45, 2.75) is 30.9 Å². The number of fused-ring (bicyclic) bond motifs is 1. The van der Waals surface area contributed by atoms with E-state index in [1.165, 1.54) is 24.2 Å². The Morgan fingerprint density at radius 2 is 2.15 bits per heavy atom. The first kappa shape index (κ1) is 20.0. The minimum atomic E-state index is 0.629. The molecule has 2 N–H and O–H groups in total. The molecule has 0 fully saturated rings. The average molecular weight is 421 g/mol. The molecular formula is C18H24N6S3. The molecule has 0 aliphatic carbocycles. The number of anilines is 1. The molecule has 3 aromatic heterocycles. The number of thiophene rings is 1. The van der Waals surface area contributed by atoms with Gasteiger partial charge in [-0.3, -0.25) is 4.99 Å². The standard InChI is InChI=1S/C18H24N6S3/c1-5-7-9-26-18-12(19)11-13(15(20-3)24(4)6-2)22-14(23-16(11)27-18)17-21-8-10-25-17/h8,10H,5-7,9,19H2,1-4H3. The average Bonchev–Trinajstić information content (AvgIpc) is 3.31. The van der Waals surface area contributed by atoms with Crippen molar-refractivity contribution >= 4 is 56.2 Å². The first-order valence-corrected chi connectivity index (χ1v) is 11.6. The highest BCUT2D eigenvalue weighted by Crippen LogP contribution is 2.42. The monoisotopic (exact) mass is 420 g/mol. The molecule has 9 heteroatoms. The summed E-state index contributed by atoms with van der Waals surface area (Å²) < 4.78 is 1.11. The highest BCUT2D eigenvalue weighted by molar-refractivity contribution is 8.01. The summed E-state index contributed by atoms with van der Waals surface area (Å²) in [4.78, 5) is 21.5. The number of nitrogen functional groups attached to an aromatic ring is 1. The number of thioether (sulfide) groups is 1. The minimum absolute atomic E-state index is 0.629. The van der Waals surface area contributed by atoms with E-state index in [0.717, 1.165) is 48.9 Å². The van der Waals surface area contributed by atoms with E-state index >= 15 is 0 Å². The van der Waals surface area contributed by atoms with Gasteiger partial charge in [-0.2, -0.15) is 0 Å². The molecule has 0 saturated carbocycles. The molecule has 3 rings (SSSR count). The molecule has 0 unspecified atom stereocenters. The van der Waals surface area contributed by atoms with Gasteiger partial charge < -0.3 is 10.6 Å². The van der Waals surface area contributed by atoms with Crippen LogP contribution in [0.4, 0.5) is 5.69 Å². The molecule has 0 amide bonds. The van der Waals surface area contributed by atoms with Gasteiger partial charge in [-0.15, -0.1) is 34.4 Å². The van der Waals surface area contributed by atoms with Crippen molar-refractivity contribution in [1.82, 2.24) is 19.9 Å². The lowest BCUT2D eigenvalue weighted by Gasteiger charge is -2.19. The first-order valence-electron chi connectivity index (χ1n) is 8.91. The maximum absolute atomic E-state index is 6.55. The second-order valence-corrected chi connectivity index (χ2v) is 9.24. The Hall–Kier alpha value is -1.71. The Balaban J connectivity index is 2.20. The number of rotatable bonds is 7. The van der Waals surface area contributed by atoms with Crippen LogP contribution in [0.2, 0.25) is 0 Å². The van der Waals surface area contributed by atoms with E-state index in [2.05, 4.69) is 28.7 Å². The third-order valence-corrected chi connectivity index (χ3v) is 7.41. The Morgan fingerprint density at radius 1 is 1.33 bits per heavy atom. The van der Waals surface area contributed by atoms with Crippen LogP contribution in [0.5, 0.6) is 0 Å². The molecule has 0 aliphatic rings. The van der Waals surface area contributed by atoms with Crippen LogP contribution in [0.15, 0.2) is 20.8 Å². The van der Waals surface area contributed by atoms with Gasteiger partial charge in [0, 0.05) is 32.2 Å². The number of nitrogens with two attached hydrogens (primary N) is 1. The summed E-state index contributed by atoms with van der Waals surface area (Å²) in [6.07, 6.45) is 4.11. The van der Waals surface area contributed by atoms with E-state index < -0.39 is 0 Å². The lowest BCUT2D eigenvalue weighted by Crippen LogP contribution is -2.28. The number of hydrogen-bond acceptors (Lipinski definition) is 8. The van der Waals surface area contributed by atoms with Gasteiger partial charge in [0.15, 0.2) is 10.8 Å². The van der Waals surface area contributed by atoms with Crippen molar-refractivity contribution in [3.8, 4) is 10.8 Å². The van der Waals surface area contributed by atoms with Gasteiger partial charge in [-0.25, -0.2) is 15.0 Å². The van der Waals surface area contributed by atoms with E-state index in [1.807, 2.05) is 12.4 Å². The van der Waals surface area contributed by atoms with Crippen molar-refractivity contribution in [1.29, 1.82) is 0 Å². The second-order valence-electron chi connectivity index (χ2n) is 5.98. The lowest BCUT2D eigenvalue weighted by molar-refractivity contribution is 0.534. The number of nitrogens with zero attached hydrogens (tertiary/aromatic N) is 5. The van der Waals surface area contributed by atoms with Crippen molar-refractivity contribution in [2.75, 3.05) is 32.1 Å². The maximum Gasteiger partial charge on any atom is 0.190 e. The third-order valence-electron chi connectivity index (χ3n) is 4.17. The molecule has 0 saturated heterocycles. The van der Waals surface area contributed by atoms with E-state index in [0.29, 0.717) is 5.82 Å². The summed E-state index contributed by atoms with van der Waals surface area (Å²) in [5.74, 6) is 2.50. The van der Waals surface area contributed by atoms with E-state index in [1.54, 1.807) is 36.3 Å². The molecule has 3 aromatic rings. The van der Waals surface area contributed by atoms with Gasteiger partial charge in [0.1, 0.15) is 16.4 Å². The molecule has 27 heavy (non-hydrogen) atoms. The van der Waals surface area contributed by atoms with Crippen LogP contribution >= 0.6 is 34.4 Å². The molecule has 144 valence electrons. The van der Waals surface area contributed by atoms with Crippen LogP contribution in [-0.2, 0) is 0 Å². The van der Waals surface area contributed by atoms with Crippen LogP contribution in [0.25, 0.3) is 21.0 Å². The normalized spacial score (nSPS) is 12.1. The summed E-state index contributed by atoms with van der Waals surface area (Å²) in [6.45, 7) is 5.12. The van der Waals surface area contributed by atoms with E-state index in [4.69, 9.17) is 15.7 Å². The third kappa shape index (κ3) is 4.09. The second kappa shape index (κ2) is 8.99. The number of thiazole rings is 1. The molecule has 6 nitrogen and oxygen atoms in total. The Morgan fingerprint density at radius 3 is 2.78 bits per heavy atom. The summed E-state index contributed by atoms with van der Waals surface area (Å²) >= 11 is 4.97. The Bertz CT molecular complexity index is 932. The van der Waals surface area contributed by atoms with Gasteiger partial charge in [0.2, 0.25) is 0 Å². The van der Waals surface area contributed by atoms with Crippen molar-refractivity contribution in [3.63, 3.8) is 0 Å². The predicted octanol–water partition coefficient (Wildman–Crippen LogP) is 4.62. The van der Waals surface area contributed by atoms with Crippen molar-refractivity contribution in [2.24, 2.45) is 4.99 Å². The van der Waals surface area contributed by atoms with Crippen LogP contribution in [0.3, 0.4) is 0 Å². The van der Waals surface area contributed by atoms with Crippen LogP contribution in [-0.4, -0.2) is 52.1 Å². The topological polar surface area (TPSA) is 80.3 Å². The van der Waals surface area contributed by atoms with Gasteiger partial charge in [-0.05, 0) is 19.1 Å². The quantitative estimate of drug-likeness (QED) is 0.260. The van der Waals surface area contributed by atoms with E-state index in [-0.39, 0.29) is 0 Å². The summed E-state index contributed by atoms with van der Waals surface area (Å²) in [6, 6.07) is 0. The van der Waals surface area contributed by atoms with Gasteiger partial charge >= 0.3 is 0 Å². The fraction of sp³-hybridized carbons (Fsp3) is 0.444. The van der Waals surface area contributed by atoms with Crippen LogP contribution < -0.4 is 5.73 Å². The fourth-order valence-electron chi connectivity index (χ4n) is 2.62. The molecule has 0 atom stereocenters. The smallest absolute Gasteiger partial charge is 0.190 e. The van der Waals surface area contributed by atoms with Crippen molar-refractivity contribution < 1.29 is 0 Å². The lowest BCUT2D eigenvalue weighted by atomic mass is 10.2.